The van der Waals surface area contributed by atoms with Crippen molar-refractivity contribution in [2.24, 2.45) is 0 Å². The predicted octanol–water partition coefficient (Wildman–Crippen LogP) is 1.97. The number of carbonyl (C=O) groups is 1. The van der Waals surface area contributed by atoms with Gasteiger partial charge in [-0.2, -0.15) is 0 Å². The Labute approximate surface area is 113 Å². The first-order valence-electron chi connectivity index (χ1n) is 6.61. The standard InChI is InChI=1S/C14H20N2O3/c1-2-16(9-11-4-3-7-19-11)13-6-5-10(14(17)18)8-12(13)15/h5-6,8,11H,2-4,7,9,15H2,1H3,(H,17,18). The number of hydrogen-bond acceptors (Lipinski definition) is 4. The number of nitrogens with zero attached hydrogens (tertiary/aromatic N) is 1. The van der Waals surface area contributed by atoms with Crippen LogP contribution >= 0.6 is 0 Å². The molecular formula is C14H20N2O3. The molecule has 1 aliphatic heterocycles. The van der Waals surface area contributed by atoms with Crippen LogP contribution in [0.2, 0.25) is 0 Å². The molecule has 0 saturated carbocycles. The van der Waals surface area contributed by atoms with E-state index < -0.39 is 5.97 Å². The highest BCUT2D eigenvalue weighted by Crippen LogP contribution is 2.26. The number of likely N-dealkylation sites (N-methyl/N-ethyl adjacent to an activating group) is 1. The summed E-state index contributed by atoms with van der Waals surface area (Å²) in [4.78, 5) is 13.0. The molecule has 1 atom stereocenters. The van der Waals surface area contributed by atoms with E-state index in [-0.39, 0.29) is 11.7 Å². The molecule has 3 N–H and O–H groups in total. The van der Waals surface area contributed by atoms with E-state index in [9.17, 15) is 4.79 Å². The van der Waals surface area contributed by atoms with Gasteiger partial charge in [-0.1, -0.05) is 0 Å². The van der Waals surface area contributed by atoms with Crippen LogP contribution in [0.5, 0.6) is 0 Å². The van der Waals surface area contributed by atoms with Crippen molar-refractivity contribution < 1.29 is 14.6 Å². The van der Waals surface area contributed by atoms with Crippen molar-refractivity contribution in [1.82, 2.24) is 0 Å². The minimum absolute atomic E-state index is 0.217. The van der Waals surface area contributed by atoms with Gasteiger partial charge in [-0.25, -0.2) is 4.79 Å². The Morgan fingerprint density at radius 2 is 2.37 bits per heavy atom. The molecule has 0 spiro atoms. The minimum atomic E-state index is -0.958. The van der Waals surface area contributed by atoms with Crippen LogP contribution in [0.1, 0.15) is 30.1 Å². The van der Waals surface area contributed by atoms with Gasteiger partial charge in [-0.05, 0) is 38.0 Å². The van der Waals surface area contributed by atoms with Crippen molar-refractivity contribution in [3.63, 3.8) is 0 Å². The Hall–Kier alpha value is -1.75. The van der Waals surface area contributed by atoms with Crippen LogP contribution in [0.25, 0.3) is 0 Å². The molecule has 1 aromatic carbocycles. The van der Waals surface area contributed by atoms with E-state index in [1.54, 1.807) is 12.1 Å². The Balaban J connectivity index is 2.15. The molecule has 104 valence electrons. The lowest BCUT2D eigenvalue weighted by Gasteiger charge is -2.27. The summed E-state index contributed by atoms with van der Waals surface area (Å²) in [6.07, 6.45) is 2.43. The number of ether oxygens (including phenoxy) is 1. The number of nitrogen functional groups attached to an aromatic ring is 1. The van der Waals surface area contributed by atoms with Gasteiger partial charge in [-0.15, -0.1) is 0 Å². The number of benzene rings is 1. The number of carboxylic acids is 1. The molecule has 19 heavy (non-hydrogen) atoms. The SMILES string of the molecule is CCN(CC1CCCO1)c1ccc(C(=O)O)cc1N. The summed E-state index contributed by atoms with van der Waals surface area (Å²) in [5.41, 5.74) is 7.56. The molecule has 5 nitrogen and oxygen atoms in total. The molecule has 1 fully saturated rings. The van der Waals surface area contributed by atoms with Gasteiger partial charge in [0, 0.05) is 19.7 Å². The number of rotatable bonds is 5. The van der Waals surface area contributed by atoms with E-state index in [0.717, 1.165) is 38.2 Å². The number of nitrogens with two attached hydrogens (primary N) is 1. The summed E-state index contributed by atoms with van der Waals surface area (Å²) in [7, 11) is 0. The monoisotopic (exact) mass is 264 g/mol. The van der Waals surface area contributed by atoms with E-state index in [1.165, 1.54) is 6.07 Å². The maximum atomic E-state index is 10.9. The molecule has 0 amide bonds. The maximum Gasteiger partial charge on any atom is 0.335 e. The van der Waals surface area contributed by atoms with E-state index >= 15 is 0 Å². The van der Waals surface area contributed by atoms with E-state index in [0.29, 0.717) is 5.69 Å². The van der Waals surface area contributed by atoms with Crippen molar-refractivity contribution in [2.75, 3.05) is 30.3 Å². The first-order valence-corrected chi connectivity index (χ1v) is 6.61. The largest absolute Gasteiger partial charge is 0.478 e. The second kappa shape index (κ2) is 5.93. The lowest BCUT2D eigenvalue weighted by Crippen LogP contribution is -2.32. The summed E-state index contributed by atoms with van der Waals surface area (Å²) in [5.74, 6) is -0.958. The molecule has 0 aromatic heterocycles. The van der Waals surface area contributed by atoms with Gasteiger partial charge in [0.2, 0.25) is 0 Å². The van der Waals surface area contributed by atoms with Crippen LogP contribution in [0.15, 0.2) is 18.2 Å². The minimum Gasteiger partial charge on any atom is -0.478 e. The van der Waals surface area contributed by atoms with E-state index in [4.69, 9.17) is 15.6 Å². The average molecular weight is 264 g/mol. The molecule has 1 saturated heterocycles. The lowest BCUT2D eigenvalue weighted by molar-refractivity contribution is 0.0697. The van der Waals surface area contributed by atoms with Gasteiger partial charge in [0.25, 0.3) is 0 Å². The summed E-state index contributed by atoms with van der Waals surface area (Å²) < 4.78 is 5.63. The summed E-state index contributed by atoms with van der Waals surface area (Å²) in [5, 5.41) is 8.94. The molecule has 2 rings (SSSR count). The van der Waals surface area contributed by atoms with Crippen molar-refractivity contribution in [3.8, 4) is 0 Å². The second-order valence-electron chi connectivity index (χ2n) is 4.75. The Morgan fingerprint density at radius 3 is 2.89 bits per heavy atom. The van der Waals surface area contributed by atoms with Crippen LogP contribution in [0.3, 0.4) is 0 Å². The normalized spacial score (nSPS) is 18.5. The Morgan fingerprint density at radius 1 is 1.58 bits per heavy atom. The highest BCUT2D eigenvalue weighted by atomic mass is 16.5. The number of carboxylic acid groups (broad SMARTS) is 1. The quantitative estimate of drug-likeness (QED) is 0.795. The zero-order valence-electron chi connectivity index (χ0n) is 11.1. The molecule has 0 bridgehead atoms. The lowest BCUT2D eigenvalue weighted by atomic mass is 10.1. The van der Waals surface area contributed by atoms with Crippen LogP contribution in [0.4, 0.5) is 11.4 Å². The number of aromatic carboxylic acids is 1. The molecular weight excluding hydrogens is 244 g/mol. The van der Waals surface area contributed by atoms with Gasteiger partial charge in [0.1, 0.15) is 0 Å². The molecule has 5 heteroatoms. The van der Waals surface area contributed by atoms with Gasteiger partial charge in [0.15, 0.2) is 0 Å². The third kappa shape index (κ3) is 3.17. The van der Waals surface area contributed by atoms with E-state index in [2.05, 4.69) is 11.8 Å². The Bertz CT molecular complexity index is 456. The fourth-order valence-corrected chi connectivity index (χ4v) is 2.41. The summed E-state index contributed by atoms with van der Waals surface area (Å²) in [6.45, 7) is 4.50. The maximum absolute atomic E-state index is 10.9. The zero-order valence-corrected chi connectivity index (χ0v) is 11.1. The summed E-state index contributed by atoms with van der Waals surface area (Å²) in [6, 6.07) is 4.87. The summed E-state index contributed by atoms with van der Waals surface area (Å²) >= 11 is 0. The van der Waals surface area contributed by atoms with Crippen LogP contribution in [0, 0.1) is 0 Å². The van der Waals surface area contributed by atoms with Crippen LogP contribution < -0.4 is 10.6 Å². The predicted molar refractivity (Wildman–Crippen MR) is 74.7 cm³/mol. The average Bonchev–Trinajstić information content (AvgIpc) is 2.89. The topological polar surface area (TPSA) is 75.8 Å². The highest BCUT2D eigenvalue weighted by Gasteiger charge is 2.20. The highest BCUT2D eigenvalue weighted by molar-refractivity contribution is 5.90. The second-order valence-corrected chi connectivity index (χ2v) is 4.75. The smallest absolute Gasteiger partial charge is 0.335 e. The molecule has 1 unspecified atom stereocenters. The molecule has 1 aromatic rings. The van der Waals surface area contributed by atoms with Gasteiger partial charge >= 0.3 is 5.97 Å². The first-order chi connectivity index (χ1) is 9.11. The van der Waals surface area contributed by atoms with Gasteiger partial charge < -0.3 is 20.5 Å². The third-order valence-electron chi connectivity index (χ3n) is 3.44. The van der Waals surface area contributed by atoms with Crippen LogP contribution in [-0.2, 0) is 4.74 Å². The fraction of sp³-hybridized carbons (Fsp3) is 0.500. The third-order valence-corrected chi connectivity index (χ3v) is 3.44. The van der Waals surface area contributed by atoms with Gasteiger partial charge in [0.05, 0.1) is 23.0 Å². The van der Waals surface area contributed by atoms with Crippen LogP contribution in [-0.4, -0.2) is 36.9 Å². The number of hydrogen-bond donors (Lipinski definition) is 2. The molecule has 1 aliphatic rings. The van der Waals surface area contributed by atoms with Crippen molar-refractivity contribution in [1.29, 1.82) is 0 Å². The molecule has 0 radical (unpaired) electrons. The van der Waals surface area contributed by atoms with E-state index in [1.807, 2.05) is 0 Å². The van der Waals surface area contributed by atoms with Crippen molar-refractivity contribution in [2.45, 2.75) is 25.9 Å². The first kappa shape index (κ1) is 13.7. The number of anilines is 2. The van der Waals surface area contributed by atoms with Gasteiger partial charge in [-0.3, -0.25) is 0 Å². The molecule has 0 aliphatic carbocycles. The zero-order chi connectivity index (χ0) is 13.8. The van der Waals surface area contributed by atoms with Crippen molar-refractivity contribution in [3.05, 3.63) is 23.8 Å². The van der Waals surface area contributed by atoms with Crippen molar-refractivity contribution >= 4 is 17.3 Å². The Kier molecular flexibility index (Phi) is 4.27. The fourth-order valence-electron chi connectivity index (χ4n) is 2.41. The molecule has 1 heterocycles.